The molecule has 1 heterocycles. The molecule has 0 spiro atoms. The second-order valence-corrected chi connectivity index (χ2v) is 16.8. The van der Waals surface area contributed by atoms with Gasteiger partial charge in [0.05, 0.1) is 31.9 Å². The summed E-state index contributed by atoms with van der Waals surface area (Å²) in [5.41, 5.74) is -2.77. The molecule has 2 amide bonds. The first-order valence-electron chi connectivity index (χ1n) is 17.7. The van der Waals surface area contributed by atoms with Gasteiger partial charge in [-0.15, -0.1) is 0 Å². The number of rotatable bonds is 10. The number of amides is 2. The third-order valence-corrected chi connectivity index (χ3v) is 10.6. The van der Waals surface area contributed by atoms with Gasteiger partial charge in [0, 0.05) is 5.56 Å². The van der Waals surface area contributed by atoms with Crippen LogP contribution in [0.25, 0.3) is 0 Å². The van der Waals surface area contributed by atoms with Crippen molar-refractivity contribution in [2.75, 3.05) is 14.2 Å². The lowest BCUT2D eigenvalue weighted by molar-refractivity contribution is -0.199. The van der Waals surface area contributed by atoms with Gasteiger partial charge in [-0.3, -0.25) is 4.79 Å². The van der Waals surface area contributed by atoms with Crippen molar-refractivity contribution in [2.45, 2.75) is 116 Å². The highest BCUT2D eigenvalue weighted by molar-refractivity contribution is 6.48. The molecule has 1 aliphatic heterocycles. The monoisotopic (exact) mass is 746 g/mol. The number of benzene rings is 2. The van der Waals surface area contributed by atoms with Gasteiger partial charge in [0.1, 0.15) is 28.6 Å². The number of alkyl carbamates (subject to hydrolysis) is 1. The largest absolute Gasteiger partial charge is 0.496 e. The lowest BCUT2D eigenvalue weighted by Crippen LogP contribution is -2.65. The third-order valence-electron chi connectivity index (χ3n) is 10.6. The molecule has 0 radical (unpaired) electrons. The van der Waals surface area contributed by atoms with Gasteiger partial charge in [-0.1, -0.05) is 26.0 Å². The zero-order chi connectivity index (χ0) is 39.4. The van der Waals surface area contributed by atoms with Crippen molar-refractivity contribution < 1.29 is 55.8 Å². The number of nitrogens with one attached hydrogen (secondary N) is 2. The summed E-state index contributed by atoms with van der Waals surface area (Å²) >= 11 is 0. The maximum atomic E-state index is 15.6. The van der Waals surface area contributed by atoms with E-state index in [0.717, 1.165) is 20.0 Å². The van der Waals surface area contributed by atoms with Crippen LogP contribution in [0.4, 0.5) is 18.0 Å². The van der Waals surface area contributed by atoms with Gasteiger partial charge < -0.3 is 38.9 Å². The van der Waals surface area contributed by atoms with Gasteiger partial charge in [-0.25, -0.2) is 18.4 Å². The number of ether oxygens (including phenoxy) is 4. The summed E-state index contributed by atoms with van der Waals surface area (Å²) in [6, 6.07) is 3.46. The number of para-hydroxylation sites is 1. The highest BCUT2D eigenvalue weighted by Crippen LogP contribution is 2.65. The van der Waals surface area contributed by atoms with Crippen LogP contribution in [0.2, 0.25) is 0 Å². The second kappa shape index (κ2) is 14.4. The average molecular weight is 747 g/mol. The van der Waals surface area contributed by atoms with E-state index in [9.17, 15) is 14.4 Å². The van der Waals surface area contributed by atoms with Crippen LogP contribution in [0.1, 0.15) is 103 Å². The molecule has 53 heavy (non-hydrogen) atoms. The Morgan fingerprint density at radius 3 is 2.15 bits per heavy atom. The summed E-state index contributed by atoms with van der Waals surface area (Å²) in [7, 11) is 1.28. The van der Waals surface area contributed by atoms with Crippen LogP contribution in [0, 0.1) is 34.7 Å². The molecule has 6 atom stereocenters. The van der Waals surface area contributed by atoms with Gasteiger partial charge in [0.25, 0.3) is 0 Å². The first kappa shape index (κ1) is 40.2. The minimum absolute atomic E-state index is 0.00428. The van der Waals surface area contributed by atoms with Crippen molar-refractivity contribution >= 4 is 25.1 Å². The number of hydrogen-bond donors (Lipinski definition) is 2. The minimum atomic E-state index is -2.00. The number of methoxy groups -OCH3 is 2. The van der Waals surface area contributed by atoms with Gasteiger partial charge in [0.2, 0.25) is 11.7 Å². The molecule has 15 heteroatoms. The fourth-order valence-electron chi connectivity index (χ4n) is 7.97. The Bertz CT molecular complexity index is 1760. The summed E-state index contributed by atoms with van der Waals surface area (Å²) in [6.45, 7) is 16.3. The van der Waals surface area contributed by atoms with Crippen LogP contribution in [0.3, 0.4) is 0 Å². The first-order chi connectivity index (χ1) is 24.5. The van der Waals surface area contributed by atoms with Gasteiger partial charge in [0.15, 0.2) is 17.4 Å². The number of carbonyl (C=O) groups excluding carboxylic acids is 3. The van der Waals surface area contributed by atoms with Crippen molar-refractivity contribution in [3.63, 3.8) is 0 Å². The Balaban J connectivity index is 1.55. The van der Waals surface area contributed by atoms with E-state index in [1.807, 2.05) is 6.92 Å². The molecule has 0 aromatic heterocycles. The highest BCUT2D eigenvalue weighted by Gasteiger charge is 2.68. The molecular formula is C38H50BF3N2O9. The lowest BCUT2D eigenvalue weighted by atomic mass is 9.43. The lowest BCUT2D eigenvalue weighted by Gasteiger charge is -2.64. The fourth-order valence-corrected chi connectivity index (χ4v) is 7.97. The van der Waals surface area contributed by atoms with Gasteiger partial charge >= 0.3 is 19.2 Å². The van der Waals surface area contributed by atoms with Gasteiger partial charge in [-0.05, 0) is 103 Å². The number of carbonyl (C=O) groups is 3. The molecule has 2 bridgehead atoms. The van der Waals surface area contributed by atoms with Crippen molar-refractivity contribution in [3.8, 4) is 11.5 Å². The maximum absolute atomic E-state index is 15.6. The summed E-state index contributed by atoms with van der Waals surface area (Å²) in [5, 5.41) is 5.09. The molecule has 2 aromatic carbocycles. The Labute approximate surface area is 309 Å². The van der Waals surface area contributed by atoms with Gasteiger partial charge in [-0.2, -0.15) is 4.39 Å². The minimum Gasteiger partial charge on any atom is -0.496 e. The molecular weight excluding hydrogens is 696 g/mol. The molecule has 1 saturated heterocycles. The SMILES string of the molecule is COc1c(CC(NC(=O)C(NC(=O)OC(C)(C)C)c2cc(F)c(OC)c(F)c2F)B2O[C@@H]3C[C@@H]4C[C@@H](C4(C)C)[C@]3(C)O2)cccc1C(=O)OC(C)(C)C. The predicted octanol–water partition coefficient (Wildman–Crippen LogP) is 6.64. The zero-order valence-corrected chi connectivity index (χ0v) is 32.2. The van der Waals surface area contributed by atoms with E-state index < -0.39 is 82.6 Å². The molecule has 2 N–H and O–H groups in total. The van der Waals surface area contributed by atoms with Crippen molar-refractivity contribution in [3.05, 3.63) is 58.4 Å². The van der Waals surface area contributed by atoms with E-state index in [4.69, 9.17) is 23.5 Å². The van der Waals surface area contributed by atoms with E-state index in [1.165, 1.54) is 7.11 Å². The fraction of sp³-hybridized carbons (Fsp3) is 0.605. The van der Waals surface area contributed by atoms with E-state index in [-0.39, 0.29) is 35.2 Å². The molecule has 2 unspecified atom stereocenters. The molecule has 4 fully saturated rings. The Morgan fingerprint density at radius 2 is 1.57 bits per heavy atom. The number of esters is 1. The second-order valence-electron chi connectivity index (χ2n) is 16.8. The molecule has 290 valence electrons. The van der Waals surface area contributed by atoms with Crippen molar-refractivity contribution in [2.24, 2.45) is 17.3 Å². The average Bonchev–Trinajstić information content (AvgIpc) is 3.40. The van der Waals surface area contributed by atoms with Crippen LogP contribution < -0.4 is 20.1 Å². The summed E-state index contributed by atoms with van der Waals surface area (Å²) in [4.78, 5) is 40.6. The third kappa shape index (κ3) is 7.96. The van der Waals surface area contributed by atoms with Crippen LogP contribution in [-0.2, 0) is 30.0 Å². The Morgan fingerprint density at radius 1 is 0.925 bits per heavy atom. The van der Waals surface area contributed by atoms with E-state index in [1.54, 1.807) is 59.7 Å². The van der Waals surface area contributed by atoms with E-state index in [2.05, 4.69) is 29.2 Å². The molecule has 2 aromatic rings. The molecule has 3 saturated carbocycles. The molecule has 4 aliphatic rings. The predicted molar refractivity (Wildman–Crippen MR) is 189 cm³/mol. The van der Waals surface area contributed by atoms with Crippen molar-refractivity contribution in [1.82, 2.24) is 10.6 Å². The topological polar surface area (TPSA) is 131 Å². The van der Waals surface area contributed by atoms with Crippen molar-refractivity contribution in [1.29, 1.82) is 0 Å². The van der Waals surface area contributed by atoms with E-state index >= 15 is 13.2 Å². The standard InChI is InChI=1S/C38H50BF3N2O9/c1-35(2,3)50-33(46)21-14-12-13-19(30(21)48-10)15-26(39-52-25-17-20-16-24(37(20,7)8)38(25,9)53-39)43-32(45)29(44-34(47)51-36(4,5)6)22-18-23(40)31(49-11)28(42)27(22)41/h12-14,18,20,24-26,29H,15-17H2,1-11H3,(H,43,45)(H,44,47)/t20-,24-,25+,26?,29?,38-/m0/s1. The Kier molecular flexibility index (Phi) is 10.9. The zero-order valence-electron chi connectivity index (χ0n) is 32.2. The summed E-state index contributed by atoms with van der Waals surface area (Å²) in [6.07, 6.45) is 0.174. The Hall–Kier alpha value is -3.98. The summed E-state index contributed by atoms with van der Waals surface area (Å²) in [5.74, 6) is -7.60. The maximum Gasteiger partial charge on any atom is 0.482 e. The first-order valence-corrected chi connectivity index (χ1v) is 17.7. The van der Waals surface area contributed by atoms with Crippen LogP contribution >= 0.6 is 0 Å². The quantitative estimate of drug-likeness (QED) is 0.156. The smallest absolute Gasteiger partial charge is 0.482 e. The molecule has 3 aliphatic carbocycles. The summed E-state index contributed by atoms with van der Waals surface area (Å²) < 4.78 is 80.3. The highest BCUT2D eigenvalue weighted by atomic mass is 19.2. The molecule has 6 rings (SSSR count). The number of hydrogen-bond acceptors (Lipinski definition) is 9. The van der Waals surface area contributed by atoms with Crippen LogP contribution in [0.5, 0.6) is 11.5 Å². The number of halogens is 3. The van der Waals surface area contributed by atoms with Crippen LogP contribution in [0.15, 0.2) is 24.3 Å². The van der Waals surface area contributed by atoms with E-state index in [0.29, 0.717) is 17.5 Å². The molecule has 11 nitrogen and oxygen atoms in total. The normalized spacial score (nSPS) is 24.3. The van der Waals surface area contributed by atoms with Crippen LogP contribution in [-0.4, -0.2) is 68.2 Å².